The van der Waals surface area contributed by atoms with Crippen molar-refractivity contribution in [2.24, 2.45) is 0 Å². The van der Waals surface area contributed by atoms with E-state index in [1.807, 2.05) is 0 Å². The van der Waals surface area contributed by atoms with E-state index < -0.39 is 5.12 Å². The maximum absolute atomic E-state index is 9.23. The third-order valence-corrected chi connectivity index (χ3v) is 2.63. The minimum Gasteiger partial charge on any atom is -0.355 e. The molecule has 2 nitrogen and oxygen atoms in total. The second-order valence-corrected chi connectivity index (χ2v) is 4.01. The van der Waals surface area contributed by atoms with Crippen molar-refractivity contribution in [3.8, 4) is 0 Å². The Kier molecular flexibility index (Phi) is 6.84. The van der Waals surface area contributed by atoms with E-state index in [-0.39, 0.29) is 19.5 Å². The van der Waals surface area contributed by atoms with E-state index in [1.54, 1.807) is 0 Å². The van der Waals surface area contributed by atoms with E-state index in [9.17, 15) is 5.11 Å². The van der Waals surface area contributed by atoms with Gasteiger partial charge >= 0.3 is 0 Å². The molecular weight excluding hydrogens is 226 g/mol. The first-order valence-corrected chi connectivity index (χ1v) is 5.10. The molecule has 0 aromatic heterocycles. The van der Waals surface area contributed by atoms with Crippen molar-refractivity contribution in [3.63, 3.8) is 0 Å². The predicted molar refractivity (Wildman–Crippen MR) is 47.0 cm³/mol. The second kappa shape index (κ2) is 6.36. The summed E-state index contributed by atoms with van der Waals surface area (Å²) in [5.41, 5.74) is 0. The number of hydrogen-bond acceptors (Lipinski definition) is 3. The summed E-state index contributed by atoms with van der Waals surface area (Å²) in [6.45, 7) is 2.20. The molecule has 0 amide bonds. The average Bonchev–Trinajstić information content (AvgIpc) is 2.69. The summed E-state index contributed by atoms with van der Waals surface area (Å²) in [5, 5.41) is 8.44. The molecule has 1 atom stereocenters. The van der Waals surface area contributed by atoms with Crippen LogP contribution in [0.15, 0.2) is 0 Å². The summed E-state index contributed by atoms with van der Waals surface area (Å²) in [6.07, 6.45) is 6.98. The van der Waals surface area contributed by atoms with Crippen molar-refractivity contribution in [2.45, 2.75) is 50.6 Å². The summed E-state index contributed by atoms with van der Waals surface area (Å²) >= 11 is 1.19. The van der Waals surface area contributed by atoms with Crippen molar-refractivity contribution in [1.82, 2.24) is 0 Å². The minimum atomic E-state index is -0.786. The summed E-state index contributed by atoms with van der Waals surface area (Å²) in [7, 11) is 0. The summed E-state index contributed by atoms with van der Waals surface area (Å²) in [6, 6.07) is 0. The molecule has 0 aliphatic carbocycles. The van der Waals surface area contributed by atoms with Crippen LogP contribution in [0.2, 0.25) is 0 Å². The van der Waals surface area contributed by atoms with Crippen LogP contribution in [-0.2, 0) is 23.7 Å². The van der Waals surface area contributed by atoms with Crippen molar-refractivity contribution in [3.05, 3.63) is 0 Å². The normalized spacial score (nSPS) is 26.5. The molecule has 1 rings (SSSR count). The fourth-order valence-corrected chi connectivity index (χ4v) is 1.49. The molecule has 0 bridgehead atoms. The Hall–Kier alpha value is 0.893. The predicted octanol–water partition coefficient (Wildman–Crippen LogP) is 2.67. The molecule has 0 aromatic carbocycles. The standard InChI is InChI=1S/C8H16O2S.Zn/c1-2-3-4-5-6-7-8(9)10-11-8;/h9H,2-7H2,1H3;. The zero-order valence-electron chi connectivity index (χ0n) is 7.71. The number of aliphatic hydroxyl groups is 1. The number of hydrogen-bond donors (Lipinski definition) is 1. The van der Waals surface area contributed by atoms with Gasteiger partial charge < -0.3 is 5.11 Å². The molecule has 0 aromatic rings. The summed E-state index contributed by atoms with van der Waals surface area (Å²) < 4.78 is 4.77. The Morgan fingerprint density at radius 3 is 2.33 bits per heavy atom. The largest absolute Gasteiger partial charge is 0.355 e. The first kappa shape index (κ1) is 12.9. The molecule has 1 heterocycles. The first-order valence-electron chi connectivity index (χ1n) is 4.36. The molecule has 1 N–H and O–H groups in total. The third kappa shape index (κ3) is 5.52. The Labute approximate surface area is 91.4 Å². The molecule has 1 fully saturated rings. The quantitative estimate of drug-likeness (QED) is 0.336. The van der Waals surface area contributed by atoms with Gasteiger partial charge in [0.25, 0.3) is 5.12 Å². The maximum atomic E-state index is 9.23. The van der Waals surface area contributed by atoms with Crippen LogP contribution >= 0.6 is 12.0 Å². The van der Waals surface area contributed by atoms with Gasteiger partial charge in [-0.1, -0.05) is 32.6 Å². The Morgan fingerprint density at radius 2 is 1.83 bits per heavy atom. The van der Waals surface area contributed by atoms with E-state index in [0.717, 1.165) is 12.8 Å². The van der Waals surface area contributed by atoms with Gasteiger partial charge in [0, 0.05) is 25.9 Å². The molecule has 4 heteroatoms. The molecule has 68 valence electrons. The molecule has 1 aliphatic heterocycles. The van der Waals surface area contributed by atoms with E-state index >= 15 is 0 Å². The van der Waals surface area contributed by atoms with Crippen molar-refractivity contribution < 1.29 is 28.8 Å². The van der Waals surface area contributed by atoms with Gasteiger partial charge in [-0.05, 0) is 6.42 Å². The van der Waals surface area contributed by atoms with E-state index in [2.05, 4.69) is 6.92 Å². The average molecular weight is 242 g/mol. The van der Waals surface area contributed by atoms with Crippen molar-refractivity contribution in [2.75, 3.05) is 0 Å². The fourth-order valence-electron chi connectivity index (χ4n) is 1.08. The van der Waals surface area contributed by atoms with Gasteiger partial charge in [-0.15, -0.1) is 0 Å². The van der Waals surface area contributed by atoms with E-state index in [0.29, 0.717) is 0 Å². The van der Waals surface area contributed by atoms with Crippen molar-refractivity contribution in [1.29, 1.82) is 0 Å². The zero-order valence-corrected chi connectivity index (χ0v) is 11.5. The van der Waals surface area contributed by atoms with Crippen LogP contribution in [0.3, 0.4) is 0 Å². The van der Waals surface area contributed by atoms with Crippen LogP contribution in [0.5, 0.6) is 0 Å². The summed E-state index contributed by atoms with van der Waals surface area (Å²) in [5.74, 6) is 0. The van der Waals surface area contributed by atoms with Crippen LogP contribution in [0.4, 0.5) is 0 Å². The molecule has 0 spiro atoms. The second-order valence-electron chi connectivity index (χ2n) is 3.04. The van der Waals surface area contributed by atoms with Gasteiger partial charge in [-0.2, -0.15) is 0 Å². The summed E-state index contributed by atoms with van der Waals surface area (Å²) in [4.78, 5) is 0. The fraction of sp³-hybridized carbons (Fsp3) is 1.00. The molecule has 1 aliphatic rings. The smallest absolute Gasteiger partial charge is 0.253 e. The Morgan fingerprint density at radius 1 is 1.25 bits per heavy atom. The molecule has 0 saturated carbocycles. The van der Waals surface area contributed by atoms with Gasteiger partial charge in [0.05, 0.1) is 12.0 Å². The van der Waals surface area contributed by atoms with Crippen LogP contribution in [-0.4, -0.2) is 10.2 Å². The molecule has 12 heavy (non-hydrogen) atoms. The number of rotatable bonds is 6. The van der Waals surface area contributed by atoms with E-state index in [4.69, 9.17) is 4.18 Å². The maximum Gasteiger partial charge on any atom is 0.253 e. The van der Waals surface area contributed by atoms with Crippen LogP contribution in [0.25, 0.3) is 0 Å². The Bertz CT molecular complexity index is 118. The molecule has 0 radical (unpaired) electrons. The monoisotopic (exact) mass is 240 g/mol. The molecule has 1 saturated heterocycles. The van der Waals surface area contributed by atoms with Gasteiger partial charge in [-0.3, -0.25) is 4.18 Å². The minimum absolute atomic E-state index is 0. The van der Waals surface area contributed by atoms with Gasteiger partial charge in [0.1, 0.15) is 0 Å². The van der Waals surface area contributed by atoms with Gasteiger partial charge in [0.2, 0.25) is 0 Å². The van der Waals surface area contributed by atoms with Crippen LogP contribution < -0.4 is 0 Å². The number of unbranched alkanes of at least 4 members (excludes halogenated alkanes) is 4. The Balaban J connectivity index is 0.00000121. The topological polar surface area (TPSA) is 32.8 Å². The van der Waals surface area contributed by atoms with Crippen LogP contribution in [0.1, 0.15) is 45.4 Å². The van der Waals surface area contributed by atoms with Gasteiger partial charge in [-0.25, -0.2) is 0 Å². The first-order chi connectivity index (χ1) is 5.27. The SMILES string of the molecule is CCCCCCCC1(O)OS1.[Zn]. The van der Waals surface area contributed by atoms with Crippen LogP contribution in [0, 0.1) is 0 Å². The molecular formula is C8H16O2SZn. The van der Waals surface area contributed by atoms with Gasteiger partial charge in [0.15, 0.2) is 0 Å². The third-order valence-electron chi connectivity index (χ3n) is 1.87. The zero-order chi connectivity index (χ0) is 8.16. The van der Waals surface area contributed by atoms with E-state index in [1.165, 1.54) is 37.7 Å². The molecule has 1 unspecified atom stereocenters. The van der Waals surface area contributed by atoms with Crippen molar-refractivity contribution >= 4 is 12.0 Å².